The summed E-state index contributed by atoms with van der Waals surface area (Å²) in [4.78, 5) is 7.03. The molecule has 1 fully saturated rings. The molecule has 0 aliphatic carbocycles. The van der Waals surface area contributed by atoms with Crippen molar-refractivity contribution in [3.63, 3.8) is 0 Å². The highest BCUT2D eigenvalue weighted by Crippen LogP contribution is 2.17. The first-order valence-corrected chi connectivity index (χ1v) is 11.7. The fourth-order valence-corrected chi connectivity index (χ4v) is 3.69. The lowest BCUT2D eigenvalue weighted by Crippen LogP contribution is -2.40. The maximum Gasteiger partial charge on any atom is 0.229 e. The van der Waals surface area contributed by atoms with E-state index in [1.165, 1.54) is 19.3 Å². The van der Waals surface area contributed by atoms with Crippen molar-refractivity contribution in [2.75, 3.05) is 42.5 Å². The number of nitrogens with one attached hydrogen (secondary N) is 2. The molecule has 0 saturated carbocycles. The predicted octanol–water partition coefficient (Wildman–Crippen LogP) is 3.39. The van der Waals surface area contributed by atoms with Crippen molar-refractivity contribution in [2.45, 2.75) is 19.3 Å². The molecule has 1 aliphatic heterocycles. The van der Waals surface area contributed by atoms with Crippen LogP contribution in [0.2, 0.25) is 0 Å². The van der Waals surface area contributed by atoms with Crippen LogP contribution in [0.15, 0.2) is 59.6 Å². The number of hydrogen-bond acceptors (Lipinski definition) is 4. The predicted molar refractivity (Wildman–Crippen MR) is 118 cm³/mol. The van der Waals surface area contributed by atoms with Gasteiger partial charge in [-0.2, -0.15) is 0 Å². The molecule has 29 heavy (non-hydrogen) atoms. The highest BCUT2D eigenvalue weighted by molar-refractivity contribution is 7.92. The van der Waals surface area contributed by atoms with Crippen molar-refractivity contribution in [3.05, 3.63) is 54.6 Å². The molecule has 8 heteroatoms. The van der Waals surface area contributed by atoms with Gasteiger partial charge in [-0.1, -0.05) is 18.2 Å². The molecule has 1 aliphatic rings. The Balaban J connectivity index is 1.56. The molecule has 3 rings (SSSR count). The van der Waals surface area contributed by atoms with E-state index in [0.29, 0.717) is 24.6 Å². The Labute approximate surface area is 172 Å². The van der Waals surface area contributed by atoms with Crippen LogP contribution in [-0.4, -0.2) is 51.8 Å². The van der Waals surface area contributed by atoms with Gasteiger partial charge in [-0.25, -0.2) is 13.4 Å². The van der Waals surface area contributed by atoms with E-state index in [1.54, 1.807) is 24.3 Å². The van der Waals surface area contributed by atoms with E-state index in [9.17, 15) is 8.42 Å². The van der Waals surface area contributed by atoms with Gasteiger partial charge in [0.25, 0.3) is 0 Å². The van der Waals surface area contributed by atoms with Crippen LogP contribution in [0, 0.1) is 0 Å². The molecule has 0 bridgehead atoms. The first-order chi connectivity index (χ1) is 14.0. The number of anilines is 2. The number of sulfonamides is 1. The van der Waals surface area contributed by atoms with Gasteiger partial charge < -0.3 is 15.0 Å². The third-order valence-corrected chi connectivity index (χ3v) is 5.07. The van der Waals surface area contributed by atoms with Gasteiger partial charge in [-0.05, 0) is 55.7 Å². The Hall–Kier alpha value is -2.74. The Bertz CT molecular complexity index is 893. The topological polar surface area (TPSA) is 83.0 Å². The standard InChI is InChI=1S/C21H28N4O3S/c1-29(26,27)24-19-10-12-20(13-11-19)28-17-14-22-21(25-15-6-3-7-16-25)23-18-8-4-2-5-9-18/h2,4-5,8-13,24H,3,6-7,14-17H2,1H3,(H,22,23). The number of likely N-dealkylation sites (tertiary alicyclic amines) is 1. The third-order valence-electron chi connectivity index (χ3n) is 4.46. The van der Waals surface area contributed by atoms with E-state index in [-0.39, 0.29) is 0 Å². The zero-order valence-electron chi connectivity index (χ0n) is 16.7. The normalized spacial score (nSPS) is 15.1. The minimum absolute atomic E-state index is 0.437. The van der Waals surface area contributed by atoms with Gasteiger partial charge in [0.05, 0.1) is 12.8 Å². The number of hydrogen-bond donors (Lipinski definition) is 2. The van der Waals surface area contributed by atoms with Crippen molar-refractivity contribution in [3.8, 4) is 5.75 Å². The minimum atomic E-state index is -3.28. The fourth-order valence-electron chi connectivity index (χ4n) is 3.12. The van der Waals surface area contributed by atoms with E-state index in [0.717, 1.165) is 31.0 Å². The van der Waals surface area contributed by atoms with Crippen LogP contribution in [0.1, 0.15) is 19.3 Å². The number of aliphatic imine (C=N–C) groups is 1. The molecule has 7 nitrogen and oxygen atoms in total. The Morgan fingerprint density at radius 3 is 2.34 bits per heavy atom. The molecule has 156 valence electrons. The second kappa shape index (κ2) is 10.2. The largest absolute Gasteiger partial charge is 0.492 e. The van der Waals surface area contributed by atoms with E-state index < -0.39 is 10.0 Å². The van der Waals surface area contributed by atoms with E-state index in [2.05, 4.69) is 14.9 Å². The van der Waals surface area contributed by atoms with E-state index in [4.69, 9.17) is 9.73 Å². The molecule has 0 atom stereocenters. The van der Waals surface area contributed by atoms with Crippen molar-refractivity contribution in [2.24, 2.45) is 4.99 Å². The van der Waals surface area contributed by atoms with Crippen LogP contribution >= 0.6 is 0 Å². The van der Waals surface area contributed by atoms with Gasteiger partial charge in [0.1, 0.15) is 12.4 Å². The van der Waals surface area contributed by atoms with Gasteiger partial charge in [0.2, 0.25) is 10.0 Å². The van der Waals surface area contributed by atoms with Crippen molar-refractivity contribution in [1.82, 2.24) is 4.90 Å². The van der Waals surface area contributed by atoms with Gasteiger partial charge in [0.15, 0.2) is 5.96 Å². The van der Waals surface area contributed by atoms with Crippen molar-refractivity contribution < 1.29 is 13.2 Å². The molecule has 2 N–H and O–H groups in total. The number of piperidine rings is 1. The number of guanidine groups is 1. The number of rotatable bonds is 7. The summed E-state index contributed by atoms with van der Waals surface area (Å²) in [6, 6.07) is 16.9. The van der Waals surface area contributed by atoms with Crippen LogP contribution in [0.5, 0.6) is 5.75 Å². The van der Waals surface area contributed by atoms with E-state index >= 15 is 0 Å². The average molecular weight is 417 g/mol. The summed E-state index contributed by atoms with van der Waals surface area (Å²) in [6.07, 6.45) is 4.75. The molecule has 0 unspecified atom stereocenters. The SMILES string of the molecule is CS(=O)(=O)Nc1ccc(OCCN=C(Nc2ccccc2)N2CCCCC2)cc1. The highest BCUT2D eigenvalue weighted by atomic mass is 32.2. The van der Waals surface area contributed by atoms with Gasteiger partial charge in [-0.15, -0.1) is 0 Å². The smallest absolute Gasteiger partial charge is 0.229 e. The van der Waals surface area contributed by atoms with Crippen LogP contribution in [0.4, 0.5) is 11.4 Å². The first-order valence-electron chi connectivity index (χ1n) is 9.82. The third kappa shape index (κ3) is 7.30. The number of para-hydroxylation sites is 1. The average Bonchev–Trinajstić information content (AvgIpc) is 2.72. The molecular weight excluding hydrogens is 388 g/mol. The number of nitrogens with zero attached hydrogens (tertiary/aromatic N) is 2. The molecule has 0 aromatic heterocycles. The molecule has 0 amide bonds. The van der Waals surface area contributed by atoms with Gasteiger partial charge in [0, 0.05) is 24.5 Å². The Morgan fingerprint density at radius 2 is 1.69 bits per heavy atom. The zero-order valence-corrected chi connectivity index (χ0v) is 17.5. The maximum atomic E-state index is 11.3. The quantitative estimate of drug-likeness (QED) is 0.411. The van der Waals surface area contributed by atoms with Crippen LogP contribution in [0.3, 0.4) is 0 Å². The van der Waals surface area contributed by atoms with Crippen molar-refractivity contribution in [1.29, 1.82) is 0 Å². The second-order valence-electron chi connectivity index (χ2n) is 6.99. The fraction of sp³-hybridized carbons (Fsp3) is 0.381. The lowest BCUT2D eigenvalue weighted by atomic mass is 10.1. The zero-order chi connectivity index (χ0) is 20.5. The van der Waals surface area contributed by atoms with Gasteiger partial charge >= 0.3 is 0 Å². The van der Waals surface area contributed by atoms with Crippen molar-refractivity contribution >= 4 is 27.4 Å². The van der Waals surface area contributed by atoms with Crippen LogP contribution < -0.4 is 14.8 Å². The molecule has 2 aromatic rings. The summed E-state index contributed by atoms with van der Waals surface area (Å²) < 4.78 is 30.7. The first kappa shape index (κ1) is 21.0. The summed E-state index contributed by atoms with van der Waals surface area (Å²) >= 11 is 0. The summed E-state index contributed by atoms with van der Waals surface area (Å²) in [5, 5.41) is 3.43. The molecular formula is C21H28N4O3S. The molecule has 0 spiro atoms. The summed E-state index contributed by atoms with van der Waals surface area (Å²) in [7, 11) is -3.28. The summed E-state index contributed by atoms with van der Waals surface area (Å²) in [5.74, 6) is 1.56. The molecule has 1 saturated heterocycles. The highest BCUT2D eigenvalue weighted by Gasteiger charge is 2.14. The Kier molecular flexibility index (Phi) is 7.35. The lowest BCUT2D eigenvalue weighted by molar-refractivity contribution is 0.322. The minimum Gasteiger partial charge on any atom is -0.492 e. The molecule has 2 aromatic carbocycles. The Morgan fingerprint density at radius 1 is 1.00 bits per heavy atom. The number of ether oxygens (including phenoxy) is 1. The monoisotopic (exact) mass is 416 g/mol. The lowest BCUT2D eigenvalue weighted by Gasteiger charge is -2.30. The maximum absolute atomic E-state index is 11.3. The molecule has 1 heterocycles. The van der Waals surface area contributed by atoms with E-state index in [1.807, 2.05) is 30.3 Å². The second-order valence-corrected chi connectivity index (χ2v) is 8.74. The molecule has 0 radical (unpaired) electrons. The van der Waals surface area contributed by atoms with Crippen LogP contribution in [0.25, 0.3) is 0 Å². The van der Waals surface area contributed by atoms with Crippen LogP contribution in [-0.2, 0) is 10.0 Å². The number of benzene rings is 2. The summed E-state index contributed by atoms with van der Waals surface area (Å²) in [5.41, 5.74) is 1.53. The summed E-state index contributed by atoms with van der Waals surface area (Å²) in [6.45, 7) is 2.98. The van der Waals surface area contributed by atoms with Gasteiger partial charge in [-0.3, -0.25) is 4.72 Å².